The Balaban J connectivity index is 2.11. The molecule has 0 spiro atoms. The van der Waals surface area contributed by atoms with E-state index in [1.54, 1.807) is 0 Å². The molecule has 8 nitrogen and oxygen atoms in total. The van der Waals surface area contributed by atoms with Crippen LogP contribution in [0.5, 0.6) is 5.75 Å². The van der Waals surface area contributed by atoms with Gasteiger partial charge in [-0.25, -0.2) is 4.79 Å². The van der Waals surface area contributed by atoms with Gasteiger partial charge in [0.05, 0.1) is 17.6 Å². The van der Waals surface area contributed by atoms with E-state index in [1.807, 2.05) is 0 Å². The number of nitro groups is 1. The Morgan fingerprint density at radius 3 is 2.58 bits per heavy atom. The Morgan fingerprint density at radius 1 is 1.33 bits per heavy atom. The predicted molar refractivity (Wildman–Crippen MR) is 84.9 cm³/mol. The normalized spacial score (nSPS) is 15.6. The predicted octanol–water partition coefficient (Wildman–Crippen LogP) is 2.21. The maximum Gasteiger partial charge on any atom is 0.338 e. The van der Waals surface area contributed by atoms with Gasteiger partial charge >= 0.3 is 11.7 Å². The lowest BCUT2D eigenvalue weighted by atomic mass is 10.2. The van der Waals surface area contributed by atoms with Crippen LogP contribution >= 0.6 is 0 Å². The Bertz CT molecular complexity index is 639. The van der Waals surface area contributed by atoms with Crippen LogP contribution in [0, 0.1) is 10.1 Å². The highest BCUT2D eigenvalue weighted by Crippen LogP contribution is 2.29. The van der Waals surface area contributed by atoms with Crippen LogP contribution < -0.4 is 10.1 Å². The van der Waals surface area contributed by atoms with Gasteiger partial charge in [-0.05, 0) is 31.9 Å². The summed E-state index contributed by atoms with van der Waals surface area (Å²) >= 11 is 0. The molecule has 1 aliphatic carbocycles. The SMILES string of the molecule is COC(=O)c1ccc(O[C@@H](C)C(=O)NC2CCCC2)c([N+](=O)[O-])c1. The molecule has 1 fully saturated rings. The van der Waals surface area contributed by atoms with Gasteiger partial charge in [0.1, 0.15) is 0 Å². The number of hydrogen-bond acceptors (Lipinski definition) is 6. The van der Waals surface area contributed by atoms with Crippen molar-refractivity contribution in [3.8, 4) is 5.75 Å². The summed E-state index contributed by atoms with van der Waals surface area (Å²) in [6, 6.07) is 3.86. The van der Waals surface area contributed by atoms with Crippen LogP contribution in [0.3, 0.4) is 0 Å². The second-order valence-electron chi connectivity index (χ2n) is 5.68. The van der Waals surface area contributed by atoms with Crippen LogP contribution in [0.1, 0.15) is 43.0 Å². The molecule has 130 valence electrons. The van der Waals surface area contributed by atoms with Gasteiger partial charge in [0, 0.05) is 12.1 Å². The van der Waals surface area contributed by atoms with Crippen LogP contribution in [-0.2, 0) is 9.53 Å². The van der Waals surface area contributed by atoms with E-state index in [4.69, 9.17) is 4.74 Å². The number of methoxy groups -OCH3 is 1. The lowest BCUT2D eigenvalue weighted by molar-refractivity contribution is -0.386. The number of ether oxygens (including phenoxy) is 2. The molecule has 0 heterocycles. The molecule has 1 aromatic carbocycles. The van der Waals surface area contributed by atoms with Gasteiger partial charge < -0.3 is 14.8 Å². The van der Waals surface area contributed by atoms with Crippen molar-refractivity contribution in [1.29, 1.82) is 0 Å². The van der Waals surface area contributed by atoms with Crippen LogP contribution in [0.25, 0.3) is 0 Å². The van der Waals surface area contributed by atoms with Gasteiger partial charge in [-0.2, -0.15) is 0 Å². The third-order valence-corrected chi connectivity index (χ3v) is 3.95. The number of nitro benzene ring substituents is 1. The topological polar surface area (TPSA) is 108 Å². The van der Waals surface area contributed by atoms with E-state index in [2.05, 4.69) is 10.1 Å². The number of nitrogens with zero attached hydrogens (tertiary/aromatic N) is 1. The Morgan fingerprint density at radius 2 is 2.00 bits per heavy atom. The molecule has 0 aromatic heterocycles. The van der Waals surface area contributed by atoms with E-state index in [1.165, 1.54) is 26.2 Å². The number of esters is 1. The molecule has 1 atom stereocenters. The zero-order chi connectivity index (χ0) is 17.7. The standard InChI is InChI=1S/C16H20N2O6/c1-10(15(19)17-12-5-3-4-6-12)24-14-8-7-11(16(20)23-2)9-13(14)18(21)22/h7-10,12H,3-6H2,1-2H3,(H,17,19)/t10-/m0/s1. The summed E-state index contributed by atoms with van der Waals surface area (Å²) in [4.78, 5) is 34.1. The van der Waals surface area contributed by atoms with E-state index >= 15 is 0 Å². The number of hydrogen-bond donors (Lipinski definition) is 1. The molecule has 0 radical (unpaired) electrons. The quantitative estimate of drug-likeness (QED) is 0.485. The fourth-order valence-electron chi connectivity index (χ4n) is 2.64. The van der Waals surface area contributed by atoms with E-state index in [0.29, 0.717) is 0 Å². The first kappa shape index (κ1) is 17.7. The monoisotopic (exact) mass is 336 g/mol. The van der Waals surface area contributed by atoms with Gasteiger partial charge in [0.15, 0.2) is 11.9 Å². The molecule has 0 unspecified atom stereocenters. The average Bonchev–Trinajstić information content (AvgIpc) is 3.07. The first-order valence-corrected chi connectivity index (χ1v) is 7.76. The molecule has 1 aliphatic rings. The lowest BCUT2D eigenvalue weighted by Gasteiger charge is -2.18. The summed E-state index contributed by atoms with van der Waals surface area (Å²) in [5.74, 6) is -1.06. The summed E-state index contributed by atoms with van der Waals surface area (Å²) in [6.07, 6.45) is 3.16. The molecule has 0 saturated heterocycles. The maximum absolute atomic E-state index is 12.1. The summed E-state index contributed by atoms with van der Waals surface area (Å²) in [5.41, 5.74) is -0.349. The molecule has 1 amide bonds. The Hall–Kier alpha value is -2.64. The van der Waals surface area contributed by atoms with E-state index in [9.17, 15) is 19.7 Å². The van der Waals surface area contributed by atoms with Crippen molar-refractivity contribution in [3.63, 3.8) is 0 Å². The Labute approximate surface area is 139 Å². The van der Waals surface area contributed by atoms with Crippen molar-refractivity contribution in [2.75, 3.05) is 7.11 Å². The average molecular weight is 336 g/mol. The summed E-state index contributed by atoms with van der Waals surface area (Å²) < 4.78 is 9.98. The van der Waals surface area contributed by atoms with Gasteiger partial charge in [-0.3, -0.25) is 14.9 Å². The minimum atomic E-state index is -0.881. The molecule has 0 aliphatic heterocycles. The smallest absolute Gasteiger partial charge is 0.338 e. The molecule has 24 heavy (non-hydrogen) atoms. The van der Waals surface area contributed by atoms with Gasteiger partial charge in [-0.1, -0.05) is 12.8 Å². The molecule has 2 rings (SSSR count). The number of rotatable bonds is 6. The van der Waals surface area contributed by atoms with Crippen molar-refractivity contribution >= 4 is 17.6 Å². The number of carbonyl (C=O) groups excluding carboxylic acids is 2. The van der Waals surface area contributed by atoms with Crippen LogP contribution in [0.2, 0.25) is 0 Å². The minimum absolute atomic E-state index is 0.0413. The number of benzene rings is 1. The molecule has 8 heteroatoms. The van der Waals surface area contributed by atoms with Crippen molar-refractivity contribution < 1.29 is 24.0 Å². The first-order valence-electron chi connectivity index (χ1n) is 7.76. The zero-order valence-electron chi connectivity index (χ0n) is 13.6. The van der Waals surface area contributed by atoms with Gasteiger partial charge in [0.2, 0.25) is 0 Å². The lowest BCUT2D eigenvalue weighted by Crippen LogP contribution is -2.41. The highest BCUT2D eigenvalue weighted by atomic mass is 16.6. The second kappa shape index (κ2) is 7.76. The van der Waals surface area contributed by atoms with Gasteiger partial charge in [-0.15, -0.1) is 0 Å². The fraction of sp³-hybridized carbons (Fsp3) is 0.500. The molecular formula is C16H20N2O6. The second-order valence-corrected chi connectivity index (χ2v) is 5.68. The van der Waals surface area contributed by atoms with E-state index in [-0.39, 0.29) is 23.3 Å². The molecule has 1 aromatic rings. The molecule has 1 saturated carbocycles. The summed E-state index contributed by atoms with van der Waals surface area (Å²) in [5, 5.41) is 14.1. The van der Waals surface area contributed by atoms with Crippen LogP contribution in [0.4, 0.5) is 5.69 Å². The first-order chi connectivity index (χ1) is 11.4. The molecular weight excluding hydrogens is 316 g/mol. The highest BCUT2D eigenvalue weighted by molar-refractivity contribution is 5.90. The third kappa shape index (κ3) is 4.21. The third-order valence-electron chi connectivity index (χ3n) is 3.95. The van der Waals surface area contributed by atoms with Crippen LogP contribution in [0.15, 0.2) is 18.2 Å². The zero-order valence-corrected chi connectivity index (χ0v) is 13.6. The minimum Gasteiger partial charge on any atom is -0.474 e. The van der Waals surface area contributed by atoms with E-state index in [0.717, 1.165) is 31.7 Å². The summed E-state index contributed by atoms with van der Waals surface area (Å²) in [7, 11) is 1.19. The highest BCUT2D eigenvalue weighted by Gasteiger charge is 2.25. The largest absolute Gasteiger partial charge is 0.474 e. The maximum atomic E-state index is 12.1. The number of nitrogens with one attached hydrogen (secondary N) is 1. The Kier molecular flexibility index (Phi) is 5.73. The van der Waals surface area contributed by atoms with Crippen molar-refractivity contribution in [2.45, 2.75) is 44.8 Å². The molecule has 1 N–H and O–H groups in total. The molecule has 0 bridgehead atoms. The van der Waals surface area contributed by atoms with Crippen molar-refractivity contribution in [1.82, 2.24) is 5.32 Å². The number of carbonyl (C=O) groups is 2. The van der Waals surface area contributed by atoms with Gasteiger partial charge in [0.25, 0.3) is 5.91 Å². The fourth-order valence-corrected chi connectivity index (χ4v) is 2.64. The van der Waals surface area contributed by atoms with Crippen molar-refractivity contribution in [3.05, 3.63) is 33.9 Å². The van der Waals surface area contributed by atoms with Crippen molar-refractivity contribution in [2.24, 2.45) is 0 Å². The van der Waals surface area contributed by atoms with Crippen LogP contribution in [-0.4, -0.2) is 36.1 Å². The van der Waals surface area contributed by atoms with E-state index < -0.39 is 22.7 Å². The number of amides is 1. The summed E-state index contributed by atoms with van der Waals surface area (Å²) in [6.45, 7) is 1.53.